The first kappa shape index (κ1) is 23.7. The lowest BCUT2D eigenvalue weighted by atomic mass is 10.1. The van der Waals surface area contributed by atoms with Crippen LogP contribution in [0, 0.1) is 0 Å². The molecule has 2 aromatic rings. The molecule has 11 heteroatoms. The lowest BCUT2D eigenvalue weighted by molar-refractivity contribution is 0.00880. The highest BCUT2D eigenvalue weighted by molar-refractivity contribution is 7.80. The molecule has 2 aliphatic rings. The third-order valence-corrected chi connectivity index (χ3v) is 5.68. The standard InChI is InChI=1S/C23H25N3O7S/c1-29-16-8-6-14(7-9-16)25-23(28)33-18-12-32-19-17(11-31-20(18)19)26-22(34)24-15-5-3-4-13(10-15)21(27)30-2/h3-10,17-20H,11-12H2,1-2H3,(H,25,28)(H2,24,26,34)/t17-,18-,19-,20+/m0/s1. The lowest BCUT2D eigenvalue weighted by Crippen LogP contribution is -2.46. The van der Waals surface area contributed by atoms with Gasteiger partial charge in [0.15, 0.2) is 11.2 Å². The number of carbonyl (C=O) groups excluding carboxylic acids is 2. The molecule has 2 heterocycles. The number of anilines is 2. The molecule has 10 nitrogen and oxygen atoms in total. The molecule has 2 saturated heterocycles. The Morgan fingerprint density at radius 3 is 2.47 bits per heavy atom. The van der Waals surface area contributed by atoms with Gasteiger partial charge in [-0.2, -0.15) is 0 Å². The van der Waals surface area contributed by atoms with Gasteiger partial charge < -0.3 is 34.3 Å². The van der Waals surface area contributed by atoms with Crippen LogP contribution >= 0.6 is 12.2 Å². The van der Waals surface area contributed by atoms with Crippen LogP contribution in [0.5, 0.6) is 5.75 Å². The molecule has 2 fully saturated rings. The Morgan fingerprint density at radius 1 is 0.971 bits per heavy atom. The number of methoxy groups -OCH3 is 2. The van der Waals surface area contributed by atoms with Crippen molar-refractivity contribution in [1.82, 2.24) is 5.32 Å². The molecule has 3 N–H and O–H groups in total. The maximum Gasteiger partial charge on any atom is 0.412 e. The fraction of sp³-hybridized carbons (Fsp3) is 0.348. The molecular weight excluding hydrogens is 462 g/mol. The molecule has 2 aromatic carbocycles. The summed E-state index contributed by atoms with van der Waals surface area (Å²) in [6, 6.07) is 13.5. The Labute approximate surface area is 201 Å². The Morgan fingerprint density at radius 2 is 1.74 bits per heavy atom. The van der Waals surface area contributed by atoms with Gasteiger partial charge in [-0.15, -0.1) is 0 Å². The van der Waals surface area contributed by atoms with Gasteiger partial charge in [0.05, 0.1) is 39.0 Å². The fourth-order valence-corrected chi connectivity index (χ4v) is 4.09. The molecule has 34 heavy (non-hydrogen) atoms. The van der Waals surface area contributed by atoms with Gasteiger partial charge in [-0.25, -0.2) is 9.59 Å². The number of thiocarbonyl (C=S) groups is 1. The number of benzene rings is 2. The van der Waals surface area contributed by atoms with Gasteiger partial charge in [0.25, 0.3) is 0 Å². The summed E-state index contributed by atoms with van der Waals surface area (Å²) in [7, 11) is 2.90. The molecule has 180 valence electrons. The van der Waals surface area contributed by atoms with Crippen molar-refractivity contribution in [3.05, 3.63) is 54.1 Å². The van der Waals surface area contributed by atoms with Crippen LogP contribution in [0.1, 0.15) is 10.4 Å². The van der Waals surface area contributed by atoms with Crippen molar-refractivity contribution in [2.45, 2.75) is 24.4 Å². The van der Waals surface area contributed by atoms with E-state index in [0.29, 0.717) is 34.4 Å². The molecule has 4 atom stereocenters. The SMILES string of the molecule is COC(=O)c1cccc(NC(=S)N[C@H]2CO[C@H]3[C@H]2OC[C@@H]3OC(=O)Nc2ccc(OC)cc2)c1. The minimum absolute atomic E-state index is 0.213. The second kappa shape index (κ2) is 10.7. The van der Waals surface area contributed by atoms with E-state index >= 15 is 0 Å². The van der Waals surface area contributed by atoms with Gasteiger partial charge in [-0.1, -0.05) is 6.07 Å². The van der Waals surface area contributed by atoms with Gasteiger partial charge in [0, 0.05) is 11.4 Å². The number of amides is 1. The van der Waals surface area contributed by atoms with Crippen LogP contribution in [-0.4, -0.2) is 69.0 Å². The van der Waals surface area contributed by atoms with Gasteiger partial charge >= 0.3 is 12.1 Å². The Kier molecular flexibility index (Phi) is 7.46. The van der Waals surface area contributed by atoms with E-state index < -0.39 is 24.3 Å². The van der Waals surface area contributed by atoms with Crippen LogP contribution in [0.2, 0.25) is 0 Å². The summed E-state index contributed by atoms with van der Waals surface area (Å²) in [6.45, 7) is 0.546. The lowest BCUT2D eigenvalue weighted by Gasteiger charge is -2.20. The highest BCUT2D eigenvalue weighted by atomic mass is 32.1. The number of ether oxygens (including phenoxy) is 5. The van der Waals surface area contributed by atoms with Gasteiger partial charge in [0.2, 0.25) is 0 Å². The summed E-state index contributed by atoms with van der Waals surface area (Å²) in [5.41, 5.74) is 1.63. The zero-order valence-corrected chi connectivity index (χ0v) is 19.4. The average Bonchev–Trinajstić information content (AvgIpc) is 3.42. The van der Waals surface area contributed by atoms with E-state index in [1.54, 1.807) is 55.6 Å². The van der Waals surface area contributed by atoms with E-state index in [2.05, 4.69) is 16.0 Å². The van der Waals surface area contributed by atoms with Crippen molar-refractivity contribution in [2.24, 2.45) is 0 Å². The largest absolute Gasteiger partial charge is 0.497 e. The molecule has 0 radical (unpaired) electrons. The van der Waals surface area contributed by atoms with Crippen molar-refractivity contribution < 1.29 is 33.3 Å². The highest BCUT2D eigenvalue weighted by Gasteiger charge is 2.49. The molecule has 0 spiro atoms. The minimum atomic E-state index is -0.595. The number of esters is 1. The molecule has 2 aliphatic heterocycles. The van der Waals surface area contributed by atoms with Crippen molar-refractivity contribution in [2.75, 3.05) is 38.1 Å². The topological polar surface area (TPSA) is 116 Å². The van der Waals surface area contributed by atoms with Crippen molar-refractivity contribution in [3.8, 4) is 5.75 Å². The molecule has 0 unspecified atom stereocenters. The van der Waals surface area contributed by atoms with Crippen molar-refractivity contribution in [1.29, 1.82) is 0 Å². The first-order chi connectivity index (χ1) is 16.5. The van der Waals surface area contributed by atoms with Crippen LogP contribution in [0.25, 0.3) is 0 Å². The van der Waals surface area contributed by atoms with Crippen LogP contribution in [0.4, 0.5) is 16.2 Å². The van der Waals surface area contributed by atoms with Crippen LogP contribution < -0.4 is 20.7 Å². The van der Waals surface area contributed by atoms with E-state index in [9.17, 15) is 9.59 Å². The van der Waals surface area contributed by atoms with E-state index in [4.69, 9.17) is 35.9 Å². The van der Waals surface area contributed by atoms with Gasteiger partial charge in [-0.3, -0.25) is 5.32 Å². The predicted molar refractivity (Wildman–Crippen MR) is 127 cm³/mol. The van der Waals surface area contributed by atoms with Gasteiger partial charge in [0.1, 0.15) is 18.0 Å². The molecular formula is C23H25N3O7S. The predicted octanol–water partition coefficient (Wildman–Crippen LogP) is 2.55. The minimum Gasteiger partial charge on any atom is -0.497 e. The normalized spacial score (nSPS) is 22.9. The van der Waals surface area contributed by atoms with Crippen LogP contribution in [0.15, 0.2) is 48.5 Å². The molecule has 0 aliphatic carbocycles. The summed E-state index contributed by atoms with van der Waals surface area (Å²) < 4.78 is 27.1. The Bertz CT molecular complexity index is 1050. The zero-order chi connectivity index (χ0) is 24.1. The van der Waals surface area contributed by atoms with E-state index in [0.717, 1.165) is 0 Å². The summed E-state index contributed by atoms with van der Waals surface area (Å²) in [6.07, 6.45) is -1.89. The molecule has 0 saturated carbocycles. The van der Waals surface area contributed by atoms with E-state index in [1.165, 1.54) is 7.11 Å². The summed E-state index contributed by atoms with van der Waals surface area (Å²) in [4.78, 5) is 24.0. The van der Waals surface area contributed by atoms with Crippen LogP contribution in [0.3, 0.4) is 0 Å². The van der Waals surface area contributed by atoms with Crippen molar-refractivity contribution in [3.63, 3.8) is 0 Å². The number of carbonyl (C=O) groups is 2. The smallest absolute Gasteiger partial charge is 0.412 e. The second-order valence-electron chi connectivity index (χ2n) is 7.67. The monoisotopic (exact) mass is 487 g/mol. The number of rotatable bonds is 6. The van der Waals surface area contributed by atoms with E-state index in [-0.39, 0.29) is 18.8 Å². The van der Waals surface area contributed by atoms with Gasteiger partial charge in [-0.05, 0) is 54.7 Å². The number of hydrogen-bond donors (Lipinski definition) is 3. The third kappa shape index (κ3) is 5.56. The van der Waals surface area contributed by atoms with Crippen molar-refractivity contribution >= 4 is 40.8 Å². The summed E-state index contributed by atoms with van der Waals surface area (Å²) >= 11 is 5.41. The first-order valence-electron chi connectivity index (χ1n) is 10.6. The number of nitrogens with one attached hydrogen (secondary N) is 3. The molecule has 4 rings (SSSR count). The maximum absolute atomic E-state index is 12.3. The first-order valence-corrected chi connectivity index (χ1v) is 11.0. The molecule has 1 amide bonds. The third-order valence-electron chi connectivity index (χ3n) is 5.46. The Hall–Kier alpha value is -3.41. The zero-order valence-electron chi connectivity index (χ0n) is 18.6. The fourth-order valence-electron chi connectivity index (χ4n) is 3.83. The summed E-state index contributed by atoms with van der Waals surface area (Å²) in [5.74, 6) is 0.253. The highest BCUT2D eigenvalue weighted by Crippen LogP contribution is 2.29. The maximum atomic E-state index is 12.3. The average molecular weight is 488 g/mol. The van der Waals surface area contributed by atoms with Crippen LogP contribution in [-0.2, 0) is 18.9 Å². The molecule has 0 aromatic heterocycles. The number of fused-ring (bicyclic) bond motifs is 1. The summed E-state index contributed by atoms with van der Waals surface area (Å²) in [5, 5.41) is 9.25. The second-order valence-corrected chi connectivity index (χ2v) is 8.08. The quantitative estimate of drug-likeness (QED) is 0.415. The number of hydrogen-bond acceptors (Lipinski definition) is 8. The Balaban J connectivity index is 1.27. The molecule has 0 bridgehead atoms. The van der Waals surface area contributed by atoms with E-state index in [1.807, 2.05) is 0 Å².